The Morgan fingerprint density at radius 1 is 0.939 bits per heavy atom. The highest BCUT2D eigenvalue weighted by Gasteiger charge is 2.33. The summed E-state index contributed by atoms with van der Waals surface area (Å²) in [5, 5.41) is 7.04. The van der Waals surface area contributed by atoms with Gasteiger partial charge in [-0.1, -0.05) is 6.07 Å². The fourth-order valence-corrected chi connectivity index (χ4v) is 4.91. The lowest BCUT2D eigenvalue weighted by Crippen LogP contribution is -2.60. The summed E-state index contributed by atoms with van der Waals surface area (Å²) >= 11 is 0. The van der Waals surface area contributed by atoms with Gasteiger partial charge in [0.15, 0.2) is 0 Å². The Bertz CT molecular complexity index is 1410. The Balaban J connectivity index is 1.40. The molecule has 0 amide bonds. The second kappa shape index (κ2) is 7.95. The Morgan fingerprint density at radius 3 is 2.39 bits per heavy atom. The molecule has 4 aromatic rings. The first-order valence-corrected chi connectivity index (χ1v) is 11.6. The van der Waals surface area contributed by atoms with Gasteiger partial charge in [-0.2, -0.15) is 9.89 Å². The monoisotopic (exact) mass is 445 g/mol. The number of benzene rings is 1. The molecule has 0 saturated carbocycles. The van der Waals surface area contributed by atoms with Gasteiger partial charge in [-0.25, -0.2) is 9.97 Å². The van der Waals surface area contributed by atoms with Gasteiger partial charge < -0.3 is 4.57 Å². The second-order valence-electron chi connectivity index (χ2n) is 9.39. The van der Waals surface area contributed by atoms with Gasteiger partial charge in [-0.05, 0) is 58.4 Å². The molecule has 0 N–H and O–H groups in total. The highest BCUT2D eigenvalue weighted by Crippen LogP contribution is 2.28. The van der Waals surface area contributed by atoms with Crippen molar-refractivity contribution in [1.29, 1.82) is 0 Å². The van der Waals surface area contributed by atoms with Crippen molar-refractivity contribution in [2.75, 3.05) is 18.1 Å². The van der Waals surface area contributed by atoms with Crippen LogP contribution >= 0.6 is 0 Å². The zero-order chi connectivity index (χ0) is 23.4. The van der Waals surface area contributed by atoms with Crippen LogP contribution < -0.4 is 10.6 Å². The fourth-order valence-electron chi connectivity index (χ4n) is 4.91. The summed E-state index contributed by atoms with van der Waals surface area (Å²) in [6.07, 6.45) is 1.96. The topological polar surface area (TPSA) is 72.1 Å². The van der Waals surface area contributed by atoms with Gasteiger partial charge in [-0.3, -0.25) is 14.7 Å². The summed E-state index contributed by atoms with van der Waals surface area (Å²) in [5.41, 5.74) is 6.77. The molecule has 8 heteroatoms. The van der Waals surface area contributed by atoms with Crippen molar-refractivity contribution in [3.05, 3.63) is 63.8 Å². The third kappa shape index (κ3) is 3.68. The Kier molecular flexibility index (Phi) is 5.20. The molecule has 1 aromatic carbocycles. The first-order valence-electron chi connectivity index (χ1n) is 11.6. The molecule has 5 rings (SSSR count). The summed E-state index contributed by atoms with van der Waals surface area (Å²) in [7, 11) is 1.79. The van der Waals surface area contributed by atoms with E-state index in [2.05, 4.69) is 53.9 Å². The van der Waals surface area contributed by atoms with Crippen molar-refractivity contribution in [2.24, 2.45) is 7.05 Å². The number of aromatic nitrogens is 5. The van der Waals surface area contributed by atoms with Gasteiger partial charge in [-0.15, -0.1) is 0 Å². The number of piperazine rings is 1. The Labute approximate surface area is 193 Å². The normalized spacial score (nSPS) is 20.6. The average molecular weight is 446 g/mol. The summed E-state index contributed by atoms with van der Waals surface area (Å²) in [4.78, 5) is 25.9. The van der Waals surface area contributed by atoms with Crippen molar-refractivity contribution < 1.29 is 0 Å². The lowest BCUT2D eigenvalue weighted by Gasteiger charge is -2.47. The molecule has 8 nitrogen and oxygen atoms in total. The number of nitrogens with zero attached hydrogens (tertiary/aromatic N) is 7. The maximum atomic E-state index is 12.0. The van der Waals surface area contributed by atoms with E-state index in [1.165, 1.54) is 5.56 Å². The zero-order valence-electron chi connectivity index (χ0n) is 20.1. The molecule has 1 aliphatic rings. The van der Waals surface area contributed by atoms with Gasteiger partial charge in [0.05, 0.1) is 46.7 Å². The van der Waals surface area contributed by atoms with Gasteiger partial charge in [0.25, 0.3) is 5.56 Å². The molecule has 0 radical (unpaired) electrons. The van der Waals surface area contributed by atoms with Gasteiger partial charge >= 0.3 is 0 Å². The maximum absolute atomic E-state index is 12.0. The number of hydrogen-bond acceptors (Lipinski definition) is 6. The smallest absolute Gasteiger partial charge is 0.250 e. The van der Waals surface area contributed by atoms with E-state index in [0.717, 1.165) is 46.5 Å². The van der Waals surface area contributed by atoms with Crippen LogP contribution in [0.1, 0.15) is 43.8 Å². The number of rotatable bonds is 3. The molecule has 0 spiro atoms. The van der Waals surface area contributed by atoms with Crippen LogP contribution in [0.15, 0.2) is 41.3 Å². The standard InChI is InChI=1S/C25H31N7O/c1-15-13-31(32-14-24-22(28-32)9-10-25(33)29(24)6)16(2)12-30(15)19(5)20-7-8-21-23(11-20)27-18(4)17(3)26-21/h7-11,14-16,19H,12-13H2,1-6H3/t15-,16+,19?/m1/s1. The van der Waals surface area contributed by atoms with Crippen molar-refractivity contribution >= 4 is 22.1 Å². The van der Waals surface area contributed by atoms with Crippen molar-refractivity contribution in [3.63, 3.8) is 0 Å². The van der Waals surface area contributed by atoms with E-state index in [1.54, 1.807) is 23.7 Å². The number of hydrogen-bond donors (Lipinski definition) is 0. The summed E-state index contributed by atoms with van der Waals surface area (Å²) < 4.78 is 1.65. The van der Waals surface area contributed by atoms with Crippen LogP contribution in [-0.4, -0.2) is 54.5 Å². The zero-order valence-corrected chi connectivity index (χ0v) is 20.1. The quantitative estimate of drug-likeness (QED) is 0.483. The van der Waals surface area contributed by atoms with E-state index in [-0.39, 0.29) is 17.6 Å². The van der Waals surface area contributed by atoms with E-state index < -0.39 is 0 Å². The van der Waals surface area contributed by atoms with Crippen LogP contribution in [0.25, 0.3) is 22.1 Å². The first-order chi connectivity index (χ1) is 15.7. The largest absolute Gasteiger partial charge is 0.308 e. The average Bonchev–Trinajstić information content (AvgIpc) is 3.22. The Morgan fingerprint density at radius 2 is 1.64 bits per heavy atom. The van der Waals surface area contributed by atoms with Gasteiger partial charge in [0, 0.05) is 31.7 Å². The van der Waals surface area contributed by atoms with Crippen LogP contribution in [-0.2, 0) is 7.05 Å². The van der Waals surface area contributed by atoms with E-state index in [4.69, 9.17) is 10.1 Å². The third-order valence-electron chi connectivity index (χ3n) is 7.13. The van der Waals surface area contributed by atoms with E-state index in [9.17, 15) is 4.79 Å². The molecule has 3 atom stereocenters. The van der Waals surface area contributed by atoms with Crippen LogP contribution in [0.3, 0.4) is 0 Å². The van der Waals surface area contributed by atoms with Crippen molar-refractivity contribution in [3.8, 4) is 0 Å². The molecule has 1 aliphatic heterocycles. The highest BCUT2D eigenvalue weighted by molar-refractivity contribution is 5.75. The summed E-state index contributed by atoms with van der Waals surface area (Å²) in [6.45, 7) is 12.5. The molecule has 172 valence electrons. The third-order valence-corrected chi connectivity index (χ3v) is 7.13. The minimum atomic E-state index is -0.0208. The molecule has 3 aromatic heterocycles. The molecule has 1 unspecified atom stereocenters. The van der Waals surface area contributed by atoms with Crippen LogP contribution in [0.5, 0.6) is 0 Å². The SMILES string of the molecule is Cc1nc2ccc(C(C)N3C[C@H](C)N(n4cc5c(ccc(=O)n5C)n4)C[C@H]3C)cc2nc1C. The Hall–Kier alpha value is -3.26. The predicted octanol–water partition coefficient (Wildman–Crippen LogP) is 3.09. The van der Waals surface area contributed by atoms with Crippen LogP contribution in [0.4, 0.5) is 0 Å². The molecule has 1 fully saturated rings. The summed E-state index contributed by atoms with van der Waals surface area (Å²) in [6, 6.07) is 10.7. The molecular formula is C25H31N7O. The minimum absolute atomic E-state index is 0.0208. The number of pyridine rings is 1. The molecule has 0 bridgehead atoms. The lowest BCUT2D eigenvalue weighted by molar-refractivity contribution is 0.103. The molecule has 33 heavy (non-hydrogen) atoms. The van der Waals surface area contributed by atoms with Crippen LogP contribution in [0, 0.1) is 13.8 Å². The van der Waals surface area contributed by atoms with E-state index in [1.807, 2.05) is 24.8 Å². The molecule has 4 heterocycles. The molecule has 0 aliphatic carbocycles. The second-order valence-corrected chi connectivity index (χ2v) is 9.39. The van der Waals surface area contributed by atoms with E-state index >= 15 is 0 Å². The summed E-state index contributed by atoms with van der Waals surface area (Å²) in [5.74, 6) is 0. The number of aryl methyl sites for hydroxylation is 3. The maximum Gasteiger partial charge on any atom is 0.250 e. The lowest BCUT2D eigenvalue weighted by atomic mass is 10.0. The predicted molar refractivity (Wildman–Crippen MR) is 131 cm³/mol. The van der Waals surface area contributed by atoms with Gasteiger partial charge in [0.2, 0.25) is 0 Å². The highest BCUT2D eigenvalue weighted by atomic mass is 16.1. The number of fused-ring (bicyclic) bond motifs is 2. The molecule has 1 saturated heterocycles. The molecular weight excluding hydrogens is 414 g/mol. The van der Waals surface area contributed by atoms with E-state index in [0.29, 0.717) is 6.04 Å². The van der Waals surface area contributed by atoms with Gasteiger partial charge in [0.1, 0.15) is 5.52 Å². The van der Waals surface area contributed by atoms with Crippen LogP contribution in [0.2, 0.25) is 0 Å². The first kappa shape index (κ1) is 21.6. The van der Waals surface area contributed by atoms with Crippen molar-refractivity contribution in [1.82, 2.24) is 29.3 Å². The minimum Gasteiger partial charge on any atom is -0.308 e. The fraction of sp³-hybridized carbons (Fsp3) is 0.440. The van der Waals surface area contributed by atoms with Crippen molar-refractivity contribution in [2.45, 2.75) is 52.7 Å².